The highest BCUT2D eigenvalue weighted by molar-refractivity contribution is 7.21. The maximum Gasteiger partial charge on any atom is 0.267 e. The number of halogens is 1. The molecule has 0 atom stereocenters. The van der Waals surface area contributed by atoms with Gasteiger partial charge >= 0.3 is 0 Å². The molecular weight excluding hydrogens is 474 g/mol. The van der Waals surface area contributed by atoms with E-state index in [-0.39, 0.29) is 5.91 Å². The average Bonchev–Trinajstić information content (AvgIpc) is 3.19. The van der Waals surface area contributed by atoms with Crippen molar-refractivity contribution in [1.29, 1.82) is 0 Å². The molecule has 0 bridgehead atoms. The molecule has 3 aromatic carbocycles. The van der Waals surface area contributed by atoms with Crippen molar-refractivity contribution in [2.24, 2.45) is 0 Å². The Morgan fingerprint density at radius 3 is 2.34 bits per heavy atom. The quantitative estimate of drug-likeness (QED) is 0.264. The molecule has 2 aromatic heterocycles. The minimum Gasteiger partial charge on any atom is -0.397 e. The van der Waals surface area contributed by atoms with Crippen molar-refractivity contribution in [2.45, 2.75) is 20.8 Å². The monoisotopic (exact) mass is 497 g/mol. The number of nitrogen functional groups attached to an aromatic ring is 1. The van der Waals surface area contributed by atoms with E-state index in [1.54, 1.807) is 0 Å². The number of amides is 1. The molecule has 3 N–H and O–H groups in total. The molecule has 1 amide bonds. The summed E-state index contributed by atoms with van der Waals surface area (Å²) in [6.07, 6.45) is 0. The Labute approximate surface area is 213 Å². The number of hydrogen-bond acceptors (Lipinski definition) is 4. The van der Waals surface area contributed by atoms with Crippen molar-refractivity contribution in [3.8, 4) is 22.4 Å². The van der Waals surface area contributed by atoms with Gasteiger partial charge in [-0.15, -0.1) is 11.3 Å². The van der Waals surface area contributed by atoms with Gasteiger partial charge in [0.25, 0.3) is 5.91 Å². The minimum absolute atomic E-state index is 0.238. The summed E-state index contributed by atoms with van der Waals surface area (Å²) in [4.78, 5) is 19.4. The Balaban J connectivity index is 1.67. The van der Waals surface area contributed by atoms with E-state index in [9.17, 15) is 4.79 Å². The summed E-state index contributed by atoms with van der Waals surface area (Å²) < 4.78 is 0. The van der Waals surface area contributed by atoms with Gasteiger partial charge in [0.1, 0.15) is 9.71 Å². The van der Waals surface area contributed by atoms with Crippen molar-refractivity contribution in [3.05, 3.63) is 99.4 Å². The van der Waals surface area contributed by atoms with Crippen molar-refractivity contribution in [1.82, 2.24) is 4.98 Å². The number of nitrogens with one attached hydrogen (secondary N) is 1. The first-order valence-corrected chi connectivity index (χ1v) is 12.4. The predicted molar refractivity (Wildman–Crippen MR) is 149 cm³/mol. The summed E-state index contributed by atoms with van der Waals surface area (Å²) in [5, 5.41) is 4.47. The standard InChI is InChI=1S/C29H24ClN3OS/c1-16-7-9-20(10-8-16)24-15-22(19-11-13-21(30)14-12-19)25-26(31)27(35-29(25)33-24)28(34)32-23-6-4-5-17(2)18(23)3/h4-15H,31H2,1-3H3,(H,32,34). The average molecular weight is 498 g/mol. The van der Waals surface area contributed by atoms with E-state index >= 15 is 0 Å². The lowest BCUT2D eigenvalue weighted by Gasteiger charge is -2.10. The fourth-order valence-corrected chi connectivity index (χ4v) is 5.23. The van der Waals surface area contributed by atoms with Crippen LogP contribution in [0.15, 0.2) is 72.8 Å². The van der Waals surface area contributed by atoms with Crippen molar-refractivity contribution >= 4 is 50.4 Å². The number of rotatable bonds is 4. The fourth-order valence-electron chi connectivity index (χ4n) is 4.08. The van der Waals surface area contributed by atoms with E-state index in [0.717, 1.165) is 49.4 Å². The second kappa shape index (κ2) is 9.17. The molecule has 0 unspecified atom stereocenters. The Kier molecular flexibility index (Phi) is 6.05. The number of hydrogen-bond donors (Lipinski definition) is 2. The van der Waals surface area contributed by atoms with Crippen LogP contribution in [0.4, 0.5) is 11.4 Å². The number of carbonyl (C=O) groups excluding carboxylic acids is 1. The first-order chi connectivity index (χ1) is 16.8. The molecule has 0 aliphatic carbocycles. The lowest BCUT2D eigenvalue weighted by atomic mass is 9.99. The lowest BCUT2D eigenvalue weighted by molar-refractivity contribution is 0.103. The Hall–Kier alpha value is -3.67. The number of aromatic nitrogens is 1. The van der Waals surface area contributed by atoms with E-state index in [1.165, 1.54) is 16.9 Å². The topological polar surface area (TPSA) is 68.0 Å². The smallest absolute Gasteiger partial charge is 0.267 e. The van der Waals surface area contributed by atoms with Gasteiger partial charge in [-0.2, -0.15) is 0 Å². The number of carbonyl (C=O) groups is 1. The van der Waals surface area contributed by atoms with Crippen LogP contribution in [0, 0.1) is 20.8 Å². The molecule has 0 aliphatic heterocycles. The van der Waals surface area contributed by atoms with Crippen molar-refractivity contribution in [2.75, 3.05) is 11.1 Å². The number of thiophene rings is 1. The molecular formula is C29H24ClN3OS. The third-order valence-corrected chi connectivity index (χ3v) is 7.61. The van der Waals surface area contributed by atoms with E-state index in [1.807, 2.05) is 62.4 Å². The van der Waals surface area contributed by atoms with Crippen LogP contribution in [0.25, 0.3) is 32.6 Å². The van der Waals surface area contributed by atoms with Gasteiger partial charge in [-0.05, 0) is 67.3 Å². The Bertz CT molecular complexity index is 1570. The highest BCUT2D eigenvalue weighted by Gasteiger charge is 2.22. The van der Waals surface area contributed by atoms with Gasteiger partial charge in [-0.1, -0.05) is 65.7 Å². The van der Waals surface area contributed by atoms with Crippen LogP contribution in [0.2, 0.25) is 5.02 Å². The van der Waals surface area contributed by atoms with Gasteiger partial charge in [0.2, 0.25) is 0 Å². The molecule has 0 fully saturated rings. The normalized spacial score (nSPS) is 11.1. The Morgan fingerprint density at radius 2 is 1.63 bits per heavy atom. The zero-order valence-corrected chi connectivity index (χ0v) is 21.2. The van der Waals surface area contributed by atoms with Gasteiger partial charge in [-0.3, -0.25) is 4.79 Å². The third-order valence-electron chi connectivity index (χ3n) is 6.26. The molecule has 0 saturated carbocycles. The summed E-state index contributed by atoms with van der Waals surface area (Å²) in [6.45, 7) is 6.07. The number of benzene rings is 3. The molecule has 2 heterocycles. The predicted octanol–water partition coefficient (Wildman–Crippen LogP) is 8.04. The maximum absolute atomic E-state index is 13.3. The van der Waals surface area contributed by atoms with Crippen LogP contribution in [-0.4, -0.2) is 10.9 Å². The first-order valence-electron chi connectivity index (χ1n) is 11.3. The number of nitrogens with two attached hydrogens (primary N) is 1. The molecule has 4 nitrogen and oxygen atoms in total. The van der Waals surface area contributed by atoms with Crippen LogP contribution in [0.1, 0.15) is 26.4 Å². The molecule has 5 aromatic rings. The molecule has 0 saturated heterocycles. The largest absolute Gasteiger partial charge is 0.397 e. The lowest BCUT2D eigenvalue weighted by Crippen LogP contribution is -2.13. The summed E-state index contributed by atoms with van der Waals surface area (Å²) in [5.74, 6) is -0.238. The zero-order valence-electron chi connectivity index (χ0n) is 19.6. The number of pyridine rings is 1. The number of anilines is 2. The molecule has 6 heteroatoms. The highest BCUT2D eigenvalue weighted by Crippen LogP contribution is 2.42. The van der Waals surface area contributed by atoms with Crippen LogP contribution < -0.4 is 11.1 Å². The first kappa shape index (κ1) is 23.1. The fraction of sp³-hybridized carbons (Fsp3) is 0.103. The molecule has 0 spiro atoms. The molecule has 0 radical (unpaired) electrons. The van der Waals surface area contributed by atoms with Gasteiger partial charge in [0, 0.05) is 21.7 Å². The van der Waals surface area contributed by atoms with E-state index in [4.69, 9.17) is 22.3 Å². The highest BCUT2D eigenvalue weighted by atomic mass is 35.5. The van der Waals surface area contributed by atoms with Gasteiger partial charge in [0.15, 0.2) is 0 Å². The Morgan fingerprint density at radius 1 is 0.943 bits per heavy atom. The second-order valence-electron chi connectivity index (χ2n) is 8.65. The summed E-state index contributed by atoms with van der Waals surface area (Å²) >= 11 is 7.46. The number of nitrogens with zero attached hydrogens (tertiary/aromatic N) is 1. The molecule has 35 heavy (non-hydrogen) atoms. The van der Waals surface area contributed by atoms with Crippen LogP contribution in [0.3, 0.4) is 0 Å². The molecule has 5 rings (SSSR count). The summed E-state index contributed by atoms with van der Waals surface area (Å²) in [5.41, 5.74) is 14.9. The van der Waals surface area contributed by atoms with Gasteiger partial charge < -0.3 is 11.1 Å². The second-order valence-corrected chi connectivity index (χ2v) is 10.1. The van der Waals surface area contributed by atoms with Crippen molar-refractivity contribution < 1.29 is 4.79 Å². The minimum atomic E-state index is -0.238. The van der Waals surface area contributed by atoms with Crippen molar-refractivity contribution in [3.63, 3.8) is 0 Å². The van der Waals surface area contributed by atoms with E-state index < -0.39 is 0 Å². The zero-order chi connectivity index (χ0) is 24.7. The third kappa shape index (κ3) is 4.41. The summed E-state index contributed by atoms with van der Waals surface area (Å²) in [6, 6.07) is 23.8. The number of aryl methyl sites for hydroxylation is 2. The SMILES string of the molecule is Cc1ccc(-c2cc(-c3ccc(Cl)cc3)c3c(N)c(C(=O)Nc4cccc(C)c4C)sc3n2)cc1. The van der Waals surface area contributed by atoms with Crippen LogP contribution >= 0.6 is 22.9 Å². The number of fused-ring (bicyclic) bond motifs is 1. The van der Waals surface area contributed by atoms with E-state index in [0.29, 0.717) is 15.6 Å². The van der Waals surface area contributed by atoms with Gasteiger partial charge in [0.05, 0.1) is 11.4 Å². The van der Waals surface area contributed by atoms with Gasteiger partial charge in [-0.25, -0.2) is 4.98 Å². The molecule has 0 aliphatic rings. The maximum atomic E-state index is 13.3. The van der Waals surface area contributed by atoms with Crippen LogP contribution in [-0.2, 0) is 0 Å². The summed E-state index contributed by atoms with van der Waals surface area (Å²) in [7, 11) is 0. The molecule has 174 valence electrons. The van der Waals surface area contributed by atoms with Crippen LogP contribution in [0.5, 0.6) is 0 Å². The van der Waals surface area contributed by atoms with E-state index in [2.05, 4.69) is 36.5 Å².